The second-order valence-corrected chi connectivity index (χ2v) is 7.99. The molecule has 1 unspecified atom stereocenters. The lowest BCUT2D eigenvalue weighted by molar-refractivity contribution is -0.132. The van der Waals surface area contributed by atoms with Crippen LogP contribution in [0.25, 0.3) is 16.7 Å². The Kier molecular flexibility index (Phi) is 4.79. The Morgan fingerprint density at radius 1 is 1.09 bits per heavy atom. The zero-order valence-corrected chi connectivity index (χ0v) is 17.8. The number of pyridine rings is 1. The van der Waals surface area contributed by atoms with Crippen LogP contribution in [0.3, 0.4) is 0 Å². The fourth-order valence-corrected chi connectivity index (χ4v) is 4.37. The van der Waals surface area contributed by atoms with Gasteiger partial charge in [-0.05, 0) is 42.3 Å². The molecule has 2 aromatic heterocycles. The number of aromatic nitrogens is 2. The SMILES string of the molecule is Cc1c(Cl)cccc1N1C(=O)C(=O)/C(=C(\O)c2c[nH]c3ccccc23)C1c1cccnc1. The minimum Gasteiger partial charge on any atom is -0.507 e. The van der Waals surface area contributed by atoms with E-state index in [-0.39, 0.29) is 11.3 Å². The van der Waals surface area contributed by atoms with Crippen molar-refractivity contribution in [3.05, 3.63) is 100 Å². The van der Waals surface area contributed by atoms with Crippen molar-refractivity contribution in [1.82, 2.24) is 9.97 Å². The van der Waals surface area contributed by atoms with Crippen LogP contribution in [0.15, 0.2) is 78.8 Å². The first-order chi connectivity index (χ1) is 15.5. The van der Waals surface area contributed by atoms with Crippen LogP contribution in [-0.4, -0.2) is 26.8 Å². The largest absolute Gasteiger partial charge is 0.507 e. The smallest absolute Gasteiger partial charge is 0.300 e. The molecule has 1 fully saturated rings. The summed E-state index contributed by atoms with van der Waals surface area (Å²) < 4.78 is 0. The number of ketones is 1. The molecule has 3 heterocycles. The van der Waals surface area contributed by atoms with Gasteiger partial charge in [0.2, 0.25) is 0 Å². The number of hydrogen-bond donors (Lipinski definition) is 2. The van der Waals surface area contributed by atoms with Gasteiger partial charge in [0.15, 0.2) is 0 Å². The number of carbonyl (C=O) groups is 2. The average Bonchev–Trinajstić information content (AvgIpc) is 3.35. The van der Waals surface area contributed by atoms with Crippen LogP contribution in [0.5, 0.6) is 0 Å². The Morgan fingerprint density at radius 3 is 2.69 bits per heavy atom. The number of carbonyl (C=O) groups excluding carboxylic acids is 2. The van der Waals surface area contributed by atoms with Gasteiger partial charge in [-0.1, -0.05) is 41.9 Å². The Balaban J connectivity index is 1.78. The number of benzene rings is 2. The lowest BCUT2D eigenvalue weighted by Gasteiger charge is -2.26. The van der Waals surface area contributed by atoms with Crippen molar-refractivity contribution in [2.75, 3.05) is 4.90 Å². The normalized spacial score (nSPS) is 17.9. The number of aromatic amines is 1. The standard InChI is InChI=1S/C25H18ClN3O3/c1-14-18(26)8-4-10-20(14)29-22(15-6-5-11-27-12-15)21(24(31)25(29)32)23(30)17-13-28-19-9-3-2-7-16(17)19/h2-13,22,28,30H,1H3/b23-21-. The third kappa shape index (κ3) is 2.99. The molecule has 7 heteroatoms. The molecule has 0 bridgehead atoms. The summed E-state index contributed by atoms with van der Waals surface area (Å²) in [5, 5.41) is 12.6. The van der Waals surface area contributed by atoms with E-state index in [1.165, 1.54) is 4.90 Å². The van der Waals surface area contributed by atoms with Crippen LogP contribution in [0.2, 0.25) is 5.02 Å². The molecule has 5 rings (SSSR count). The third-order valence-electron chi connectivity index (χ3n) is 5.79. The molecule has 1 amide bonds. The van der Waals surface area contributed by atoms with Gasteiger partial charge in [-0.2, -0.15) is 0 Å². The number of rotatable bonds is 3. The number of amides is 1. The number of anilines is 1. The van der Waals surface area contributed by atoms with Gasteiger partial charge in [0.1, 0.15) is 5.76 Å². The maximum atomic E-state index is 13.3. The van der Waals surface area contributed by atoms with E-state index in [9.17, 15) is 14.7 Å². The van der Waals surface area contributed by atoms with E-state index in [4.69, 9.17) is 11.6 Å². The van der Waals surface area contributed by atoms with E-state index in [0.29, 0.717) is 27.4 Å². The predicted octanol–water partition coefficient (Wildman–Crippen LogP) is 5.15. The number of halogens is 1. The topological polar surface area (TPSA) is 86.3 Å². The van der Waals surface area contributed by atoms with Gasteiger partial charge in [0.05, 0.1) is 11.6 Å². The molecule has 2 N–H and O–H groups in total. The first-order valence-corrected chi connectivity index (χ1v) is 10.4. The number of aliphatic hydroxyl groups excluding tert-OH is 1. The number of fused-ring (bicyclic) bond motifs is 1. The molecule has 2 aromatic carbocycles. The Hall–Kier alpha value is -3.90. The summed E-state index contributed by atoms with van der Waals surface area (Å²) in [7, 11) is 0. The molecule has 1 aliphatic heterocycles. The van der Waals surface area contributed by atoms with Crippen LogP contribution in [0.1, 0.15) is 22.7 Å². The highest BCUT2D eigenvalue weighted by atomic mass is 35.5. The fourth-order valence-electron chi connectivity index (χ4n) is 4.20. The van der Waals surface area contributed by atoms with Crippen molar-refractivity contribution >= 4 is 45.6 Å². The Labute approximate surface area is 188 Å². The van der Waals surface area contributed by atoms with E-state index in [1.54, 1.807) is 55.8 Å². The molecule has 0 spiro atoms. The number of H-pyrrole nitrogens is 1. The highest BCUT2D eigenvalue weighted by Crippen LogP contribution is 2.44. The van der Waals surface area contributed by atoms with E-state index in [2.05, 4.69) is 9.97 Å². The maximum absolute atomic E-state index is 13.3. The molecule has 0 aliphatic carbocycles. The molecule has 6 nitrogen and oxygen atoms in total. The summed E-state index contributed by atoms with van der Waals surface area (Å²) in [6.07, 6.45) is 4.84. The van der Waals surface area contributed by atoms with Gasteiger partial charge in [0, 0.05) is 45.8 Å². The van der Waals surface area contributed by atoms with Crippen molar-refractivity contribution in [1.29, 1.82) is 0 Å². The number of aliphatic hydroxyl groups is 1. The number of nitrogens with one attached hydrogen (secondary N) is 1. The fraction of sp³-hybridized carbons (Fsp3) is 0.0800. The minimum atomic E-state index is -0.852. The molecule has 1 atom stereocenters. The highest BCUT2D eigenvalue weighted by molar-refractivity contribution is 6.52. The molecule has 0 saturated carbocycles. The maximum Gasteiger partial charge on any atom is 0.300 e. The highest BCUT2D eigenvalue weighted by Gasteiger charge is 2.47. The molecular weight excluding hydrogens is 426 g/mol. The van der Waals surface area contributed by atoms with E-state index in [1.807, 2.05) is 24.3 Å². The number of nitrogens with zero attached hydrogens (tertiary/aromatic N) is 2. The summed E-state index contributed by atoms with van der Waals surface area (Å²) in [5.74, 6) is -1.73. The average molecular weight is 444 g/mol. The minimum absolute atomic E-state index is 0.00660. The zero-order valence-electron chi connectivity index (χ0n) is 17.0. The number of hydrogen-bond acceptors (Lipinski definition) is 4. The van der Waals surface area contributed by atoms with E-state index >= 15 is 0 Å². The Bertz CT molecular complexity index is 1410. The van der Waals surface area contributed by atoms with Crippen LogP contribution in [-0.2, 0) is 9.59 Å². The van der Waals surface area contributed by atoms with Gasteiger partial charge in [0.25, 0.3) is 11.7 Å². The van der Waals surface area contributed by atoms with Crippen LogP contribution >= 0.6 is 11.6 Å². The van der Waals surface area contributed by atoms with Gasteiger partial charge in [-0.3, -0.25) is 19.5 Å². The molecule has 1 aliphatic rings. The van der Waals surface area contributed by atoms with Crippen molar-refractivity contribution in [2.45, 2.75) is 13.0 Å². The van der Waals surface area contributed by atoms with E-state index in [0.717, 1.165) is 10.9 Å². The molecule has 0 radical (unpaired) electrons. The lowest BCUT2D eigenvalue weighted by atomic mass is 9.96. The van der Waals surface area contributed by atoms with Gasteiger partial charge in [-0.15, -0.1) is 0 Å². The summed E-state index contributed by atoms with van der Waals surface area (Å²) >= 11 is 6.31. The second kappa shape index (κ2) is 7.66. The summed E-state index contributed by atoms with van der Waals surface area (Å²) in [6.45, 7) is 1.79. The summed E-state index contributed by atoms with van der Waals surface area (Å²) in [6, 6.07) is 15.3. The first-order valence-electron chi connectivity index (χ1n) is 10.0. The van der Waals surface area contributed by atoms with Crippen molar-refractivity contribution in [3.8, 4) is 0 Å². The van der Waals surface area contributed by atoms with Crippen molar-refractivity contribution in [2.24, 2.45) is 0 Å². The van der Waals surface area contributed by atoms with Gasteiger partial charge >= 0.3 is 0 Å². The zero-order chi connectivity index (χ0) is 22.4. The molecule has 158 valence electrons. The molecule has 32 heavy (non-hydrogen) atoms. The molecule has 4 aromatic rings. The monoisotopic (exact) mass is 443 g/mol. The quantitative estimate of drug-likeness (QED) is 0.260. The summed E-state index contributed by atoms with van der Waals surface area (Å²) in [4.78, 5) is 35.2. The lowest BCUT2D eigenvalue weighted by Crippen LogP contribution is -2.30. The van der Waals surface area contributed by atoms with Crippen LogP contribution in [0.4, 0.5) is 5.69 Å². The number of para-hydroxylation sites is 1. The number of Topliss-reactive ketones (excluding diaryl/α,β-unsaturated/α-hetero) is 1. The first kappa shape index (κ1) is 20.0. The predicted molar refractivity (Wildman–Crippen MR) is 124 cm³/mol. The van der Waals surface area contributed by atoms with Gasteiger partial charge in [-0.25, -0.2) is 0 Å². The molecular formula is C25H18ClN3O3. The van der Waals surface area contributed by atoms with Crippen LogP contribution in [0, 0.1) is 6.92 Å². The third-order valence-corrected chi connectivity index (χ3v) is 6.20. The van der Waals surface area contributed by atoms with Crippen molar-refractivity contribution in [3.63, 3.8) is 0 Å². The van der Waals surface area contributed by atoms with Crippen LogP contribution < -0.4 is 4.90 Å². The van der Waals surface area contributed by atoms with Crippen molar-refractivity contribution < 1.29 is 14.7 Å². The second-order valence-electron chi connectivity index (χ2n) is 7.59. The summed E-state index contributed by atoms with van der Waals surface area (Å²) in [5.41, 5.74) is 3.05. The van der Waals surface area contributed by atoms with Gasteiger partial charge < -0.3 is 10.1 Å². The Morgan fingerprint density at radius 2 is 1.91 bits per heavy atom. The van der Waals surface area contributed by atoms with E-state index < -0.39 is 17.7 Å². The molecule has 1 saturated heterocycles.